The minimum absolute atomic E-state index is 0.168. The molecule has 1 saturated carbocycles. The summed E-state index contributed by atoms with van der Waals surface area (Å²) in [4.78, 5) is 3.84. The molecule has 1 fully saturated rings. The zero-order valence-corrected chi connectivity index (χ0v) is 8.53. The van der Waals surface area contributed by atoms with E-state index in [9.17, 15) is 13.2 Å². The molecule has 0 aliphatic heterocycles. The maximum atomic E-state index is 12.0. The number of halogens is 3. The molecular formula is C9H11F3N2O2. The highest BCUT2D eigenvalue weighted by atomic mass is 19.4. The molecule has 3 atom stereocenters. The number of hydrogen-bond donors (Lipinski definition) is 1. The second-order valence-electron chi connectivity index (χ2n) is 4.13. The molecule has 0 spiro atoms. The van der Waals surface area contributed by atoms with Gasteiger partial charge in [0.2, 0.25) is 5.89 Å². The molecule has 1 N–H and O–H groups in total. The molecule has 1 aliphatic rings. The standard InChI is InChI=1S/C9H11F3N2O2/c1-4-2-5(4)8-13-7(16-14-8)3-6(15)9(10,11)12/h4-6,15H,2-3H2,1H3. The van der Waals surface area contributed by atoms with Crippen molar-refractivity contribution in [3.8, 4) is 0 Å². The SMILES string of the molecule is CC1CC1c1noc(CC(O)C(F)(F)F)n1. The maximum absolute atomic E-state index is 12.0. The van der Waals surface area contributed by atoms with E-state index in [1.165, 1.54) is 0 Å². The molecule has 2 rings (SSSR count). The van der Waals surface area contributed by atoms with Crippen LogP contribution in [0.1, 0.15) is 31.0 Å². The number of rotatable bonds is 3. The van der Waals surface area contributed by atoms with Crippen LogP contribution in [-0.2, 0) is 6.42 Å². The largest absolute Gasteiger partial charge is 0.414 e. The van der Waals surface area contributed by atoms with E-state index >= 15 is 0 Å². The van der Waals surface area contributed by atoms with Gasteiger partial charge in [-0.3, -0.25) is 0 Å². The lowest BCUT2D eigenvalue weighted by atomic mass is 10.2. The second kappa shape index (κ2) is 3.73. The number of hydrogen-bond acceptors (Lipinski definition) is 4. The molecule has 1 aromatic rings. The Morgan fingerprint density at radius 3 is 2.69 bits per heavy atom. The Balaban J connectivity index is 1.98. The van der Waals surface area contributed by atoms with Gasteiger partial charge in [-0.1, -0.05) is 12.1 Å². The number of nitrogens with zero attached hydrogens (tertiary/aromatic N) is 2. The summed E-state index contributed by atoms with van der Waals surface area (Å²) in [6.45, 7) is 2.01. The fourth-order valence-electron chi connectivity index (χ4n) is 1.46. The van der Waals surface area contributed by atoms with Gasteiger partial charge in [-0.2, -0.15) is 18.2 Å². The predicted molar refractivity (Wildman–Crippen MR) is 46.6 cm³/mol. The summed E-state index contributed by atoms with van der Waals surface area (Å²) in [5, 5.41) is 12.4. The van der Waals surface area contributed by atoms with Crippen LogP contribution in [0, 0.1) is 5.92 Å². The van der Waals surface area contributed by atoms with E-state index in [1.54, 1.807) is 0 Å². The molecule has 16 heavy (non-hydrogen) atoms. The molecule has 1 aromatic heterocycles. The maximum Gasteiger partial charge on any atom is 0.414 e. The minimum Gasteiger partial charge on any atom is -0.383 e. The summed E-state index contributed by atoms with van der Waals surface area (Å²) < 4.78 is 40.8. The van der Waals surface area contributed by atoms with E-state index < -0.39 is 18.7 Å². The van der Waals surface area contributed by atoms with Crippen molar-refractivity contribution in [2.75, 3.05) is 0 Å². The van der Waals surface area contributed by atoms with Crippen molar-refractivity contribution in [3.63, 3.8) is 0 Å². The Labute approximate surface area is 89.5 Å². The highest BCUT2D eigenvalue weighted by Gasteiger charge is 2.41. The lowest BCUT2D eigenvalue weighted by Crippen LogP contribution is -2.30. The van der Waals surface area contributed by atoms with E-state index in [1.807, 2.05) is 6.92 Å². The topological polar surface area (TPSA) is 59.2 Å². The third-order valence-electron chi connectivity index (χ3n) is 2.67. The summed E-state index contributed by atoms with van der Waals surface area (Å²) in [5.41, 5.74) is 0. The molecule has 0 aromatic carbocycles. The molecule has 3 unspecified atom stereocenters. The Bertz CT molecular complexity index is 377. The Hall–Kier alpha value is -1.11. The van der Waals surface area contributed by atoms with Crippen LogP contribution >= 0.6 is 0 Å². The van der Waals surface area contributed by atoms with Crippen LogP contribution < -0.4 is 0 Å². The average Bonchev–Trinajstić information content (AvgIpc) is 2.72. The van der Waals surface area contributed by atoms with Gasteiger partial charge >= 0.3 is 6.18 Å². The smallest absolute Gasteiger partial charge is 0.383 e. The minimum atomic E-state index is -4.65. The number of aliphatic hydroxyl groups is 1. The van der Waals surface area contributed by atoms with Gasteiger partial charge in [0, 0.05) is 5.92 Å². The van der Waals surface area contributed by atoms with E-state index in [4.69, 9.17) is 5.11 Å². The first kappa shape index (κ1) is 11.4. The summed E-state index contributed by atoms with van der Waals surface area (Å²) >= 11 is 0. The Morgan fingerprint density at radius 1 is 1.56 bits per heavy atom. The van der Waals surface area contributed by atoms with Crippen molar-refractivity contribution in [1.29, 1.82) is 0 Å². The zero-order valence-electron chi connectivity index (χ0n) is 8.53. The molecule has 4 nitrogen and oxygen atoms in total. The van der Waals surface area contributed by atoms with Gasteiger partial charge in [0.05, 0.1) is 6.42 Å². The first-order chi connectivity index (χ1) is 7.38. The molecule has 0 amide bonds. The molecule has 7 heteroatoms. The predicted octanol–water partition coefficient (Wildman–Crippen LogP) is 1.66. The van der Waals surface area contributed by atoms with Gasteiger partial charge in [-0.25, -0.2) is 0 Å². The molecule has 0 radical (unpaired) electrons. The molecule has 90 valence electrons. The highest BCUT2D eigenvalue weighted by Crippen LogP contribution is 2.45. The fourth-order valence-corrected chi connectivity index (χ4v) is 1.46. The Morgan fingerprint density at radius 2 is 2.19 bits per heavy atom. The van der Waals surface area contributed by atoms with Gasteiger partial charge in [0.1, 0.15) is 0 Å². The van der Waals surface area contributed by atoms with E-state index in [0.29, 0.717) is 11.7 Å². The molecular weight excluding hydrogens is 225 g/mol. The van der Waals surface area contributed by atoms with Crippen LogP contribution in [0.3, 0.4) is 0 Å². The lowest BCUT2D eigenvalue weighted by Gasteiger charge is -2.11. The van der Waals surface area contributed by atoms with Crippen LogP contribution in [0.4, 0.5) is 13.2 Å². The molecule has 1 aliphatic carbocycles. The molecule has 0 bridgehead atoms. The van der Waals surface area contributed by atoms with E-state index in [2.05, 4.69) is 14.7 Å². The second-order valence-corrected chi connectivity index (χ2v) is 4.13. The van der Waals surface area contributed by atoms with Crippen molar-refractivity contribution < 1.29 is 22.8 Å². The number of aromatic nitrogens is 2. The lowest BCUT2D eigenvalue weighted by molar-refractivity contribution is -0.204. The van der Waals surface area contributed by atoms with Gasteiger partial charge in [-0.05, 0) is 12.3 Å². The summed E-state index contributed by atoms with van der Waals surface area (Å²) in [7, 11) is 0. The first-order valence-electron chi connectivity index (χ1n) is 4.95. The van der Waals surface area contributed by atoms with E-state index in [0.717, 1.165) is 6.42 Å². The van der Waals surface area contributed by atoms with Gasteiger partial charge < -0.3 is 9.63 Å². The van der Waals surface area contributed by atoms with Gasteiger partial charge in [0.25, 0.3) is 0 Å². The average molecular weight is 236 g/mol. The molecule has 0 saturated heterocycles. The van der Waals surface area contributed by atoms with Crippen molar-refractivity contribution in [3.05, 3.63) is 11.7 Å². The summed E-state index contributed by atoms with van der Waals surface area (Å²) in [5.74, 6) is 0.925. The van der Waals surface area contributed by atoms with Crippen molar-refractivity contribution in [2.24, 2.45) is 5.92 Å². The third-order valence-corrected chi connectivity index (χ3v) is 2.67. The van der Waals surface area contributed by atoms with Gasteiger partial charge in [-0.15, -0.1) is 0 Å². The number of aliphatic hydroxyl groups excluding tert-OH is 1. The van der Waals surface area contributed by atoms with Crippen LogP contribution in [0.2, 0.25) is 0 Å². The van der Waals surface area contributed by atoms with Crippen LogP contribution in [0.5, 0.6) is 0 Å². The number of alkyl halides is 3. The van der Waals surface area contributed by atoms with Crippen LogP contribution in [0.25, 0.3) is 0 Å². The van der Waals surface area contributed by atoms with Crippen molar-refractivity contribution >= 4 is 0 Å². The van der Waals surface area contributed by atoms with E-state index in [-0.39, 0.29) is 11.8 Å². The monoisotopic (exact) mass is 236 g/mol. The normalized spacial score (nSPS) is 26.8. The summed E-state index contributed by atoms with van der Waals surface area (Å²) in [6, 6.07) is 0. The zero-order chi connectivity index (χ0) is 11.9. The van der Waals surface area contributed by atoms with Crippen LogP contribution in [0.15, 0.2) is 4.52 Å². The van der Waals surface area contributed by atoms with Crippen molar-refractivity contribution in [2.45, 2.75) is 38.0 Å². The Kier molecular flexibility index (Phi) is 2.65. The quantitative estimate of drug-likeness (QED) is 0.867. The van der Waals surface area contributed by atoms with Crippen molar-refractivity contribution in [1.82, 2.24) is 10.1 Å². The summed E-state index contributed by atoms with van der Waals surface area (Å²) in [6.07, 6.45) is -6.85. The third kappa shape index (κ3) is 2.34. The fraction of sp³-hybridized carbons (Fsp3) is 0.778. The van der Waals surface area contributed by atoms with Crippen LogP contribution in [-0.4, -0.2) is 27.5 Å². The first-order valence-corrected chi connectivity index (χ1v) is 4.95. The molecule has 1 heterocycles. The van der Waals surface area contributed by atoms with Gasteiger partial charge in [0.15, 0.2) is 11.9 Å². The highest BCUT2D eigenvalue weighted by molar-refractivity contribution is 5.07.